The van der Waals surface area contributed by atoms with E-state index in [1.165, 1.54) is 0 Å². The van der Waals surface area contributed by atoms with Crippen molar-refractivity contribution in [3.05, 3.63) is 39.6 Å². The molecule has 5 nitrogen and oxygen atoms in total. The Kier molecular flexibility index (Phi) is 6.02. The number of aromatic nitrogens is 2. The first-order valence-electron chi connectivity index (χ1n) is 7.47. The number of hydrogen-bond acceptors (Lipinski definition) is 5. The van der Waals surface area contributed by atoms with Gasteiger partial charge in [0.05, 0.1) is 23.0 Å². The highest BCUT2D eigenvalue weighted by Gasteiger charge is 2.20. The van der Waals surface area contributed by atoms with Crippen LogP contribution in [0.3, 0.4) is 0 Å². The van der Waals surface area contributed by atoms with Crippen LogP contribution < -0.4 is 4.74 Å². The Hall–Kier alpha value is -1.85. The average molecular weight is 369 g/mol. The summed E-state index contributed by atoms with van der Waals surface area (Å²) in [6.07, 6.45) is -0.762. The molecule has 0 spiro atoms. The van der Waals surface area contributed by atoms with Gasteiger partial charge >= 0.3 is 5.97 Å². The Morgan fingerprint density at radius 3 is 2.54 bits per heavy atom. The van der Waals surface area contributed by atoms with Crippen LogP contribution in [0.25, 0.3) is 11.3 Å². The van der Waals surface area contributed by atoms with Crippen LogP contribution in [0.1, 0.15) is 25.2 Å². The molecular weight excluding hydrogens is 351 g/mol. The van der Waals surface area contributed by atoms with Crippen molar-refractivity contribution >= 4 is 29.2 Å². The van der Waals surface area contributed by atoms with E-state index in [9.17, 15) is 4.79 Å². The van der Waals surface area contributed by atoms with Crippen LogP contribution in [-0.4, -0.2) is 28.6 Å². The largest absolute Gasteiger partial charge is 0.463 e. The monoisotopic (exact) mass is 368 g/mol. The molecule has 24 heavy (non-hydrogen) atoms. The van der Waals surface area contributed by atoms with Gasteiger partial charge in [-0.2, -0.15) is 0 Å². The summed E-state index contributed by atoms with van der Waals surface area (Å²) in [4.78, 5) is 20.6. The molecule has 2 rings (SSSR count). The highest BCUT2D eigenvalue weighted by molar-refractivity contribution is 6.36. The van der Waals surface area contributed by atoms with Gasteiger partial charge in [-0.1, -0.05) is 23.2 Å². The predicted octanol–water partition coefficient (Wildman–Crippen LogP) is 4.40. The standard InChI is InChI=1S/C17H18Cl2N2O3/c1-5-23-17(22)11(4)24-16-10(3)20-15(9(2)21-16)13-7-6-12(18)8-14(13)19/h6-8,11H,5H2,1-4H3. The van der Waals surface area contributed by atoms with Crippen LogP contribution in [0.2, 0.25) is 10.0 Å². The summed E-state index contributed by atoms with van der Waals surface area (Å²) >= 11 is 12.2. The molecule has 7 heteroatoms. The number of benzene rings is 1. The third-order valence-electron chi connectivity index (χ3n) is 3.29. The van der Waals surface area contributed by atoms with Crippen molar-refractivity contribution in [1.29, 1.82) is 0 Å². The van der Waals surface area contributed by atoms with Gasteiger partial charge in [0.25, 0.3) is 0 Å². The lowest BCUT2D eigenvalue weighted by molar-refractivity contribution is -0.150. The van der Waals surface area contributed by atoms with Gasteiger partial charge in [-0.25, -0.2) is 14.8 Å². The fourth-order valence-corrected chi connectivity index (χ4v) is 2.60. The Labute approximate surface area is 150 Å². The van der Waals surface area contributed by atoms with Crippen molar-refractivity contribution in [2.45, 2.75) is 33.8 Å². The molecular formula is C17H18Cl2N2O3. The number of halogens is 2. The van der Waals surface area contributed by atoms with Gasteiger partial charge in [-0.3, -0.25) is 0 Å². The summed E-state index contributed by atoms with van der Waals surface area (Å²) < 4.78 is 10.5. The van der Waals surface area contributed by atoms with Crippen molar-refractivity contribution in [3.8, 4) is 17.1 Å². The third-order valence-corrected chi connectivity index (χ3v) is 3.84. The van der Waals surface area contributed by atoms with Crippen molar-refractivity contribution in [3.63, 3.8) is 0 Å². The van der Waals surface area contributed by atoms with Crippen molar-refractivity contribution < 1.29 is 14.3 Å². The zero-order valence-corrected chi connectivity index (χ0v) is 15.4. The number of carbonyl (C=O) groups excluding carboxylic acids is 1. The smallest absolute Gasteiger partial charge is 0.347 e. The van der Waals surface area contributed by atoms with Crippen molar-refractivity contribution in [2.24, 2.45) is 0 Å². The second kappa shape index (κ2) is 7.81. The fourth-order valence-electron chi connectivity index (χ4n) is 2.11. The maximum atomic E-state index is 11.7. The summed E-state index contributed by atoms with van der Waals surface area (Å²) in [6.45, 7) is 7.20. The number of carbonyl (C=O) groups is 1. The van der Waals surface area contributed by atoms with Gasteiger partial charge in [0.2, 0.25) is 5.88 Å². The van der Waals surface area contributed by atoms with E-state index in [1.807, 2.05) is 0 Å². The van der Waals surface area contributed by atoms with Crippen LogP contribution in [0.15, 0.2) is 18.2 Å². The molecule has 0 aliphatic rings. The van der Waals surface area contributed by atoms with Gasteiger partial charge in [0.1, 0.15) is 5.69 Å². The molecule has 0 saturated heterocycles. The molecule has 1 aromatic heterocycles. The van der Waals surface area contributed by atoms with E-state index in [0.717, 1.165) is 5.56 Å². The van der Waals surface area contributed by atoms with E-state index in [-0.39, 0.29) is 0 Å². The maximum absolute atomic E-state index is 11.7. The van der Waals surface area contributed by atoms with Crippen molar-refractivity contribution in [2.75, 3.05) is 6.61 Å². The minimum Gasteiger partial charge on any atom is -0.463 e. The average Bonchev–Trinajstić information content (AvgIpc) is 2.51. The zero-order valence-electron chi connectivity index (χ0n) is 13.9. The summed E-state index contributed by atoms with van der Waals surface area (Å²) in [5.74, 6) is -0.150. The molecule has 0 saturated carbocycles. The van der Waals surface area contributed by atoms with Crippen LogP contribution >= 0.6 is 23.2 Å². The van der Waals surface area contributed by atoms with Crippen LogP contribution in [0, 0.1) is 13.8 Å². The second-order valence-electron chi connectivity index (χ2n) is 5.18. The van der Waals surface area contributed by atoms with Gasteiger partial charge in [0.15, 0.2) is 6.10 Å². The Morgan fingerprint density at radius 2 is 1.92 bits per heavy atom. The maximum Gasteiger partial charge on any atom is 0.347 e. The second-order valence-corrected chi connectivity index (χ2v) is 6.03. The molecule has 1 atom stereocenters. The van der Waals surface area contributed by atoms with Gasteiger partial charge in [-0.05, 0) is 45.9 Å². The molecule has 0 amide bonds. The molecule has 0 N–H and O–H groups in total. The SMILES string of the molecule is CCOC(=O)C(C)Oc1nc(C)c(-c2ccc(Cl)cc2Cl)nc1C. The lowest BCUT2D eigenvalue weighted by Crippen LogP contribution is -2.27. The van der Waals surface area contributed by atoms with Crippen LogP contribution in [0.4, 0.5) is 0 Å². The van der Waals surface area contributed by atoms with E-state index in [1.54, 1.807) is 45.9 Å². The van der Waals surface area contributed by atoms with E-state index in [2.05, 4.69) is 9.97 Å². The molecule has 1 aromatic carbocycles. The number of aryl methyl sites for hydroxylation is 2. The number of esters is 1. The first kappa shape index (κ1) is 18.5. The van der Waals surface area contributed by atoms with E-state index in [0.29, 0.717) is 39.6 Å². The number of ether oxygens (including phenoxy) is 2. The molecule has 128 valence electrons. The van der Waals surface area contributed by atoms with E-state index in [4.69, 9.17) is 32.7 Å². The molecule has 0 aliphatic carbocycles. The Balaban J connectivity index is 2.33. The summed E-state index contributed by atoms with van der Waals surface area (Å²) in [7, 11) is 0. The summed E-state index contributed by atoms with van der Waals surface area (Å²) in [5.41, 5.74) is 2.57. The zero-order chi connectivity index (χ0) is 17.9. The molecule has 0 radical (unpaired) electrons. The molecule has 0 aliphatic heterocycles. The minimum absolute atomic E-state index is 0.293. The first-order chi connectivity index (χ1) is 11.3. The molecule has 1 unspecified atom stereocenters. The van der Waals surface area contributed by atoms with Gasteiger partial charge in [-0.15, -0.1) is 0 Å². The number of hydrogen-bond donors (Lipinski definition) is 0. The number of rotatable bonds is 5. The molecule has 0 fully saturated rings. The van der Waals surface area contributed by atoms with Gasteiger partial charge in [0, 0.05) is 10.6 Å². The molecule has 1 heterocycles. The van der Waals surface area contributed by atoms with Crippen molar-refractivity contribution in [1.82, 2.24) is 9.97 Å². The highest BCUT2D eigenvalue weighted by Crippen LogP contribution is 2.32. The minimum atomic E-state index is -0.762. The van der Waals surface area contributed by atoms with Crippen LogP contribution in [-0.2, 0) is 9.53 Å². The van der Waals surface area contributed by atoms with Crippen LogP contribution in [0.5, 0.6) is 5.88 Å². The quantitative estimate of drug-likeness (QED) is 0.732. The Bertz CT molecular complexity index is 766. The summed E-state index contributed by atoms with van der Waals surface area (Å²) in [6, 6.07) is 5.19. The lowest BCUT2D eigenvalue weighted by Gasteiger charge is -2.16. The molecule has 0 bridgehead atoms. The number of nitrogens with zero attached hydrogens (tertiary/aromatic N) is 2. The normalized spacial score (nSPS) is 11.9. The van der Waals surface area contributed by atoms with E-state index >= 15 is 0 Å². The third kappa shape index (κ3) is 4.16. The first-order valence-corrected chi connectivity index (χ1v) is 8.23. The fraction of sp³-hybridized carbons (Fsp3) is 0.353. The lowest BCUT2D eigenvalue weighted by atomic mass is 10.1. The Morgan fingerprint density at radius 1 is 1.21 bits per heavy atom. The molecule has 2 aromatic rings. The summed E-state index contributed by atoms with van der Waals surface area (Å²) in [5, 5.41) is 1.04. The topological polar surface area (TPSA) is 61.3 Å². The highest BCUT2D eigenvalue weighted by atomic mass is 35.5. The van der Waals surface area contributed by atoms with E-state index < -0.39 is 12.1 Å². The van der Waals surface area contributed by atoms with Gasteiger partial charge < -0.3 is 9.47 Å². The predicted molar refractivity (Wildman–Crippen MR) is 93.7 cm³/mol.